The predicted octanol–water partition coefficient (Wildman–Crippen LogP) is 2.73. The van der Waals surface area contributed by atoms with Gasteiger partial charge >= 0.3 is 12.2 Å². The molecule has 0 aliphatic carbocycles. The Labute approximate surface area is 167 Å². The average Bonchev–Trinajstić information content (AvgIpc) is 3.28. The van der Waals surface area contributed by atoms with Gasteiger partial charge in [-0.3, -0.25) is 9.89 Å². The largest absolute Gasteiger partial charge is 0.439 e. The van der Waals surface area contributed by atoms with E-state index >= 15 is 0 Å². The minimum Gasteiger partial charge on any atom is -0.439 e. The molecule has 1 aliphatic heterocycles. The van der Waals surface area contributed by atoms with E-state index in [0.717, 1.165) is 12.1 Å². The molecule has 0 saturated carbocycles. The molecule has 1 aromatic carbocycles. The monoisotopic (exact) mass is 420 g/mol. The molecule has 9 nitrogen and oxygen atoms in total. The predicted molar refractivity (Wildman–Crippen MR) is 99.0 cm³/mol. The van der Waals surface area contributed by atoms with Crippen molar-refractivity contribution in [3.8, 4) is 11.6 Å². The van der Waals surface area contributed by atoms with Crippen molar-refractivity contribution in [1.29, 1.82) is 0 Å². The minimum atomic E-state index is -4.50. The lowest BCUT2D eigenvalue weighted by Crippen LogP contribution is -2.40. The van der Waals surface area contributed by atoms with E-state index in [1.807, 2.05) is 0 Å². The first-order valence-electron chi connectivity index (χ1n) is 8.72. The lowest BCUT2D eigenvalue weighted by atomic mass is 10.2. The molecule has 1 aliphatic rings. The fourth-order valence-electron chi connectivity index (χ4n) is 2.99. The van der Waals surface area contributed by atoms with Gasteiger partial charge < -0.3 is 20.3 Å². The number of halogens is 3. The van der Waals surface area contributed by atoms with E-state index in [4.69, 9.17) is 4.74 Å². The topological polar surface area (TPSA) is 112 Å². The molecule has 0 radical (unpaired) electrons. The SMILES string of the molecule is CN1C(=O)NCC1C(=O)Nc1cc(Oc2ccc(C(F)(F)F)cn2)cc2cn[nH]c12. The van der Waals surface area contributed by atoms with Gasteiger partial charge in [-0.2, -0.15) is 18.3 Å². The van der Waals surface area contributed by atoms with Gasteiger partial charge in [0.25, 0.3) is 0 Å². The van der Waals surface area contributed by atoms with Crippen LogP contribution in [-0.2, 0) is 11.0 Å². The van der Waals surface area contributed by atoms with Gasteiger partial charge in [-0.25, -0.2) is 9.78 Å². The summed E-state index contributed by atoms with van der Waals surface area (Å²) in [6, 6.07) is 4.00. The van der Waals surface area contributed by atoms with E-state index in [-0.39, 0.29) is 24.2 Å². The van der Waals surface area contributed by atoms with Crippen LogP contribution in [0.2, 0.25) is 0 Å². The fourth-order valence-corrected chi connectivity index (χ4v) is 2.99. The maximum Gasteiger partial charge on any atom is 0.417 e. The van der Waals surface area contributed by atoms with Crippen molar-refractivity contribution >= 4 is 28.5 Å². The van der Waals surface area contributed by atoms with E-state index in [9.17, 15) is 22.8 Å². The first kappa shape index (κ1) is 19.5. The number of likely N-dealkylation sites (N-methyl/N-ethyl adjacent to an activating group) is 1. The molecule has 3 heterocycles. The summed E-state index contributed by atoms with van der Waals surface area (Å²) < 4.78 is 43.6. The fraction of sp³-hybridized carbons (Fsp3) is 0.222. The number of carbonyl (C=O) groups excluding carboxylic acids is 2. The number of alkyl halides is 3. The Morgan fingerprint density at radius 1 is 1.30 bits per heavy atom. The van der Waals surface area contributed by atoms with Gasteiger partial charge in [-0.05, 0) is 12.1 Å². The molecule has 0 bridgehead atoms. The van der Waals surface area contributed by atoms with Crippen LogP contribution in [0.4, 0.5) is 23.7 Å². The molecule has 0 spiro atoms. The van der Waals surface area contributed by atoms with Crippen LogP contribution in [0, 0.1) is 0 Å². The van der Waals surface area contributed by atoms with Crippen LogP contribution in [0.25, 0.3) is 10.9 Å². The van der Waals surface area contributed by atoms with E-state index in [0.29, 0.717) is 22.8 Å². The van der Waals surface area contributed by atoms with Gasteiger partial charge in [-0.15, -0.1) is 0 Å². The number of hydrogen-bond donors (Lipinski definition) is 3. The van der Waals surface area contributed by atoms with Gasteiger partial charge in [0, 0.05) is 37.3 Å². The Balaban J connectivity index is 1.58. The number of nitrogens with zero attached hydrogens (tertiary/aromatic N) is 3. The maximum atomic E-state index is 12.7. The quantitative estimate of drug-likeness (QED) is 0.601. The minimum absolute atomic E-state index is 0.0477. The van der Waals surface area contributed by atoms with E-state index < -0.39 is 23.7 Å². The summed E-state index contributed by atoms with van der Waals surface area (Å²) in [6.07, 6.45) is -2.32. The lowest BCUT2D eigenvalue weighted by molar-refractivity contribution is -0.137. The second-order valence-electron chi connectivity index (χ2n) is 6.59. The molecular formula is C18H15F3N6O3. The molecule has 30 heavy (non-hydrogen) atoms. The molecule has 1 saturated heterocycles. The van der Waals surface area contributed by atoms with Gasteiger partial charge in [-0.1, -0.05) is 0 Å². The molecule has 4 rings (SSSR count). The molecule has 2 aromatic heterocycles. The highest BCUT2D eigenvalue weighted by Gasteiger charge is 2.33. The number of carbonyl (C=O) groups is 2. The number of ether oxygens (including phenoxy) is 1. The molecule has 3 amide bonds. The van der Waals surface area contributed by atoms with Crippen molar-refractivity contribution < 1.29 is 27.5 Å². The lowest BCUT2D eigenvalue weighted by Gasteiger charge is -2.18. The second kappa shape index (κ2) is 7.21. The van der Waals surface area contributed by atoms with Gasteiger partial charge in [0.1, 0.15) is 11.8 Å². The molecule has 156 valence electrons. The highest BCUT2D eigenvalue weighted by molar-refractivity contribution is 6.04. The molecule has 3 N–H and O–H groups in total. The van der Waals surface area contributed by atoms with E-state index in [2.05, 4.69) is 25.8 Å². The summed E-state index contributed by atoms with van der Waals surface area (Å²) in [5, 5.41) is 12.6. The number of nitrogens with one attached hydrogen (secondary N) is 3. The van der Waals surface area contributed by atoms with Crippen LogP contribution in [0.5, 0.6) is 11.6 Å². The van der Waals surface area contributed by atoms with Gasteiger partial charge in [0.05, 0.1) is 23.0 Å². The first-order chi connectivity index (χ1) is 14.2. The number of anilines is 1. The third-order valence-corrected chi connectivity index (χ3v) is 4.60. The number of urea groups is 1. The van der Waals surface area contributed by atoms with Crippen molar-refractivity contribution in [2.45, 2.75) is 12.2 Å². The molecule has 12 heteroatoms. The van der Waals surface area contributed by atoms with Crippen molar-refractivity contribution in [2.24, 2.45) is 0 Å². The van der Waals surface area contributed by atoms with Crippen LogP contribution >= 0.6 is 0 Å². The number of pyridine rings is 1. The summed E-state index contributed by atoms with van der Waals surface area (Å²) in [4.78, 5) is 29.1. The van der Waals surface area contributed by atoms with E-state index in [1.54, 1.807) is 6.07 Å². The van der Waals surface area contributed by atoms with Crippen LogP contribution < -0.4 is 15.4 Å². The van der Waals surface area contributed by atoms with Crippen molar-refractivity contribution in [2.75, 3.05) is 18.9 Å². The first-order valence-corrected chi connectivity index (χ1v) is 8.72. The van der Waals surface area contributed by atoms with Gasteiger partial charge in [0.15, 0.2) is 0 Å². The normalized spacial score (nSPS) is 16.6. The molecule has 1 unspecified atom stereocenters. The Bertz CT molecular complexity index is 1110. The zero-order chi connectivity index (χ0) is 21.5. The Hall–Kier alpha value is -3.83. The number of amides is 3. The Morgan fingerprint density at radius 2 is 2.10 bits per heavy atom. The molecule has 3 aromatic rings. The molecular weight excluding hydrogens is 405 g/mol. The summed E-state index contributed by atoms with van der Waals surface area (Å²) in [6.45, 7) is 0.166. The van der Waals surface area contributed by atoms with Crippen molar-refractivity contribution in [3.05, 3.63) is 42.2 Å². The highest BCUT2D eigenvalue weighted by atomic mass is 19.4. The average molecular weight is 420 g/mol. The number of fused-ring (bicyclic) bond motifs is 1. The molecule has 1 atom stereocenters. The number of H-pyrrole nitrogens is 1. The van der Waals surface area contributed by atoms with Crippen molar-refractivity contribution in [1.82, 2.24) is 25.4 Å². The zero-order valence-electron chi connectivity index (χ0n) is 15.4. The summed E-state index contributed by atoms with van der Waals surface area (Å²) >= 11 is 0. The van der Waals surface area contributed by atoms with Gasteiger partial charge in [0.2, 0.25) is 11.8 Å². The summed E-state index contributed by atoms with van der Waals surface area (Å²) in [7, 11) is 1.51. The number of hydrogen-bond acceptors (Lipinski definition) is 5. The number of benzene rings is 1. The number of rotatable bonds is 4. The smallest absolute Gasteiger partial charge is 0.417 e. The second-order valence-corrected chi connectivity index (χ2v) is 6.59. The van der Waals surface area contributed by atoms with Crippen molar-refractivity contribution in [3.63, 3.8) is 0 Å². The van der Waals surface area contributed by atoms with Crippen LogP contribution in [-0.4, -0.2) is 51.7 Å². The third-order valence-electron chi connectivity index (χ3n) is 4.60. The summed E-state index contributed by atoms with van der Waals surface area (Å²) in [5.74, 6) is -0.231. The summed E-state index contributed by atoms with van der Waals surface area (Å²) in [5.41, 5.74) is -0.0300. The van der Waals surface area contributed by atoms with Crippen LogP contribution in [0.3, 0.4) is 0 Å². The number of aromatic nitrogens is 3. The maximum absolute atomic E-state index is 12.7. The Morgan fingerprint density at radius 3 is 2.73 bits per heavy atom. The third kappa shape index (κ3) is 3.71. The highest BCUT2D eigenvalue weighted by Crippen LogP contribution is 2.32. The van der Waals surface area contributed by atoms with E-state index in [1.165, 1.54) is 24.2 Å². The van der Waals surface area contributed by atoms with Crippen LogP contribution in [0.15, 0.2) is 36.7 Å². The Kier molecular flexibility index (Phi) is 4.68. The standard InChI is InChI=1S/C18H15F3N6O3/c1-27-13(8-23-17(27)29)16(28)25-12-5-11(4-9-6-24-26-15(9)12)30-14-3-2-10(7-22-14)18(19,20)21/h2-7,13H,8H2,1H3,(H,23,29)(H,24,26)(H,25,28). The number of aromatic amines is 1. The molecule has 1 fully saturated rings. The zero-order valence-corrected chi connectivity index (χ0v) is 15.4. The van der Waals surface area contributed by atoms with Crippen LogP contribution in [0.1, 0.15) is 5.56 Å².